The highest BCUT2D eigenvalue weighted by molar-refractivity contribution is 5.54. The first kappa shape index (κ1) is 13.3. The molecule has 1 aromatic rings. The van der Waals surface area contributed by atoms with E-state index in [9.17, 15) is 0 Å². The van der Waals surface area contributed by atoms with Gasteiger partial charge in [0, 0.05) is 42.8 Å². The molecule has 0 amide bonds. The Morgan fingerprint density at radius 2 is 2.33 bits per heavy atom. The lowest BCUT2D eigenvalue weighted by Gasteiger charge is -2.35. The van der Waals surface area contributed by atoms with Crippen molar-refractivity contribution in [3.05, 3.63) is 23.5 Å². The van der Waals surface area contributed by atoms with Gasteiger partial charge in [0.2, 0.25) is 0 Å². The second kappa shape index (κ2) is 6.19. The number of rotatable bonds is 4. The number of hydrogen-bond donors (Lipinski definition) is 1. The van der Waals surface area contributed by atoms with Gasteiger partial charge in [0.1, 0.15) is 0 Å². The molecule has 1 aliphatic heterocycles. The summed E-state index contributed by atoms with van der Waals surface area (Å²) >= 11 is 0. The van der Waals surface area contributed by atoms with Gasteiger partial charge in [0.05, 0.1) is 0 Å². The smallest absolute Gasteiger partial charge is 0.0445 e. The quantitative estimate of drug-likeness (QED) is 0.886. The molecule has 0 spiro atoms. The summed E-state index contributed by atoms with van der Waals surface area (Å²) in [5.41, 5.74) is 3.82. The molecular formula is C15H25N3. The van der Waals surface area contributed by atoms with E-state index in [2.05, 4.69) is 35.1 Å². The van der Waals surface area contributed by atoms with Crippen LogP contribution in [0, 0.1) is 12.8 Å². The fraction of sp³-hybridized carbons (Fsp3) is 0.667. The molecule has 1 aliphatic rings. The van der Waals surface area contributed by atoms with Crippen LogP contribution in [0.1, 0.15) is 37.4 Å². The first-order chi connectivity index (χ1) is 8.74. The van der Waals surface area contributed by atoms with Crippen LogP contribution in [0.3, 0.4) is 0 Å². The van der Waals surface area contributed by atoms with Gasteiger partial charge < -0.3 is 10.2 Å². The Morgan fingerprint density at radius 1 is 1.50 bits per heavy atom. The predicted octanol–water partition coefficient (Wildman–Crippen LogP) is 2.74. The maximum absolute atomic E-state index is 4.43. The molecule has 0 aromatic carbocycles. The van der Waals surface area contributed by atoms with Crippen LogP contribution in [0.15, 0.2) is 12.3 Å². The van der Waals surface area contributed by atoms with Gasteiger partial charge in [-0.15, -0.1) is 0 Å². The lowest BCUT2D eigenvalue weighted by molar-refractivity contribution is 0.404. The largest absolute Gasteiger partial charge is 0.371 e. The number of aryl methyl sites for hydroxylation is 1. The van der Waals surface area contributed by atoms with Crippen molar-refractivity contribution in [1.82, 2.24) is 10.3 Å². The van der Waals surface area contributed by atoms with E-state index in [0.717, 1.165) is 18.2 Å². The summed E-state index contributed by atoms with van der Waals surface area (Å²) in [7, 11) is 1.99. The van der Waals surface area contributed by atoms with Crippen molar-refractivity contribution in [2.75, 3.05) is 25.0 Å². The maximum atomic E-state index is 4.43. The van der Waals surface area contributed by atoms with E-state index in [4.69, 9.17) is 0 Å². The lowest BCUT2D eigenvalue weighted by atomic mass is 9.95. The molecule has 3 nitrogen and oxygen atoms in total. The number of pyridine rings is 1. The van der Waals surface area contributed by atoms with Crippen molar-refractivity contribution in [2.45, 2.75) is 39.7 Å². The van der Waals surface area contributed by atoms with Gasteiger partial charge in [-0.05, 0) is 38.8 Å². The standard InChI is InChI=1S/C15H25N3/c1-4-13-6-5-7-18(11-13)15-8-12(2)17-10-14(15)9-16-3/h8,10,13,16H,4-7,9,11H2,1-3H3. The van der Waals surface area contributed by atoms with Crippen molar-refractivity contribution in [3.8, 4) is 0 Å². The Labute approximate surface area is 111 Å². The Balaban J connectivity index is 2.22. The molecule has 1 unspecified atom stereocenters. The van der Waals surface area contributed by atoms with Crippen molar-refractivity contribution >= 4 is 5.69 Å². The lowest BCUT2D eigenvalue weighted by Crippen LogP contribution is -2.36. The molecule has 1 fully saturated rings. The predicted molar refractivity (Wildman–Crippen MR) is 77.0 cm³/mol. The van der Waals surface area contributed by atoms with Crippen LogP contribution in [-0.4, -0.2) is 25.1 Å². The minimum Gasteiger partial charge on any atom is -0.371 e. The van der Waals surface area contributed by atoms with Gasteiger partial charge in [0.25, 0.3) is 0 Å². The topological polar surface area (TPSA) is 28.2 Å². The van der Waals surface area contributed by atoms with E-state index < -0.39 is 0 Å². The zero-order valence-corrected chi connectivity index (χ0v) is 11.9. The van der Waals surface area contributed by atoms with Gasteiger partial charge in [0.15, 0.2) is 0 Å². The summed E-state index contributed by atoms with van der Waals surface area (Å²) in [5, 5.41) is 3.24. The monoisotopic (exact) mass is 247 g/mol. The first-order valence-electron chi connectivity index (χ1n) is 7.09. The third kappa shape index (κ3) is 3.02. The SMILES string of the molecule is CCC1CCCN(c2cc(C)ncc2CNC)C1. The summed E-state index contributed by atoms with van der Waals surface area (Å²) in [5.74, 6) is 0.856. The van der Waals surface area contributed by atoms with Gasteiger partial charge in [-0.2, -0.15) is 0 Å². The molecular weight excluding hydrogens is 222 g/mol. The number of hydrogen-bond acceptors (Lipinski definition) is 3. The average Bonchev–Trinajstić information content (AvgIpc) is 2.41. The van der Waals surface area contributed by atoms with E-state index in [1.54, 1.807) is 0 Å². The summed E-state index contributed by atoms with van der Waals surface area (Å²) < 4.78 is 0. The second-order valence-electron chi connectivity index (χ2n) is 5.35. The van der Waals surface area contributed by atoms with Gasteiger partial charge in [-0.1, -0.05) is 13.3 Å². The van der Waals surface area contributed by atoms with E-state index in [1.165, 1.54) is 43.6 Å². The summed E-state index contributed by atoms with van der Waals surface area (Å²) in [6.07, 6.45) is 6.02. The van der Waals surface area contributed by atoms with Gasteiger partial charge in [-0.3, -0.25) is 4.98 Å². The van der Waals surface area contributed by atoms with Crippen molar-refractivity contribution in [2.24, 2.45) is 5.92 Å². The van der Waals surface area contributed by atoms with Gasteiger partial charge >= 0.3 is 0 Å². The normalized spacial score (nSPS) is 20.2. The molecule has 1 aromatic heterocycles. The molecule has 18 heavy (non-hydrogen) atoms. The number of nitrogens with one attached hydrogen (secondary N) is 1. The number of nitrogens with zero attached hydrogens (tertiary/aromatic N) is 2. The first-order valence-corrected chi connectivity index (χ1v) is 7.09. The molecule has 100 valence electrons. The van der Waals surface area contributed by atoms with Gasteiger partial charge in [-0.25, -0.2) is 0 Å². The van der Waals surface area contributed by atoms with Crippen molar-refractivity contribution in [1.29, 1.82) is 0 Å². The highest BCUT2D eigenvalue weighted by atomic mass is 15.1. The third-order valence-electron chi connectivity index (χ3n) is 3.90. The highest BCUT2D eigenvalue weighted by Gasteiger charge is 2.20. The number of piperidine rings is 1. The fourth-order valence-corrected chi connectivity index (χ4v) is 2.81. The van der Waals surface area contributed by atoms with Crippen LogP contribution < -0.4 is 10.2 Å². The molecule has 3 heteroatoms. The van der Waals surface area contributed by atoms with Crippen LogP contribution in [0.25, 0.3) is 0 Å². The van der Waals surface area contributed by atoms with Crippen molar-refractivity contribution < 1.29 is 0 Å². The number of aromatic nitrogens is 1. The molecule has 2 heterocycles. The Morgan fingerprint density at radius 3 is 3.06 bits per heavy atom. The highest BCUT2D eigenvalue weighted by Crippen LogP contribution is 2.27. The van der Waals surface area contributed by atoms with E-state index in [0.29, 0.717) is 0 Å². The number of anilines is 1. The van der Waals surface area contributed by atoms with Crippen LogP contribution in [0.5, 0.6) is 0 Å². The zero-order valence-electron chi connectivity index (χ0n) is 11.9. The second-order valence-corrected chi connectivity index (χ2v) is 5.35. The molecule has 0 aliphatic carbocycles. The average molecular weight is 247 g/mol. The molecule has 2 rings (SSSR count). The Hall–Kier alpha value is -1.09. The molecule has 1 N–H and O–H groups in total. The van der Waals surface area contributed by atoms with E-state index in [1.807, 2.05) is 13.2 Å². The Kier molecular flexibility index (Phi) is 4.59. The molecule has 0 radical (unpaired) electrons. The summed E-state index contributed by atoms with van der Waals surface area (Å²) in [4.78, 5) is 6.98. The summed E-state index contributed by atoms with van der Waals surface area (Å²) in [6, 6.07) is 2.24. The van der Waals surface area contributed by atoms with Crippen LogP contribution in [-0.2, 0) is 6.54 Å². The Bertz CT molecular complexity index is 389. The van der Waals surface area contributed by atoms with Crippen LogP contribution >= 0.6 is 0 Å². The van der Waals surface area contributed by atoms with Crippen LogP contribution in [0.2, 0.25) is 0 Å². The minimum atomic E-state index is 0.856. The van der Waals surface area contributed by atoms with Crippen molar-refractivity contribution in [3.63, 3.8) is 0 Å². The molecule has 1 saturated heterocycles. The third-order valence-corrected chi connectivity index (χ3v) is 3.90. The molecule has 0 bridgehead atoms. The molecule has 0 saturated carbocycles. The molecule has 1 atom stereocenters. The van der Waals surface area contributed by atoms with E-state index >= 15 is 0 Å². The maximum Gasteiger partial charge on any atom is 0.0445 e. The van der Waals surface area contributed by atoms with E-state index in [-0.39, 0.29) is 0 Å². The summed E-state index contributed by atoms with van der Waals surface area (Å²) in [6.45, 7) is 7.68. The van der Waals surface area contributed by atoms with Crippen LogP contribution in [0.4, 0.5) is 5.69 Å². The fourth-order valence-electron chi connectivity index (χ4n) is 2.81. The zero-order chi connectivity index (χ0) is 13.0. The minimum absolute atomic E-state index is 0.856.